The largest absolute Gasteiger partial charge is 0.494 e. The van der Waals surface area contributed by atoms with E-state index in [0.717, 1.165) is 32.1 Å². The number of benzene rings is 1. The summed E-state index contributed by atoms with van der Waals surface area (Å²) in [4.78, 5) is 0.235. The molecule has 0 heterocycles. The van der Waals surface area contributed by atoms with Crippen LogP contribution in [0.5, 0.6) is 5.75 Å². The molecular weight excluding hydrogens is 286 g/mol. The zero-order valence-electron chi connectivity index (χ0n) is 12.8. The lowest BCUT2D eigenvalue weighted by atomic mass is 9.87. The monoisotopic (exact) mass is 311 g/mol. The first-order chi connectivity index (χ1) is 10.0. The van der Waals surface area contributed by atoms with E-state index in [1.54, 1.807) is 18.2 Å². The van der Waals surface area contributed by atoms with Gasteiger partial charge in [0.2, 0.25) is 0 Å². The minimum absolute atomic E-state index is 0.235. The van der Waals surface area contributed by atoms with Crippen molar-refractivity contribution in [1.82, 2.24) is 0 Å². The van der Waals surface area contributed by atoms with Crippen LogP contribution in [-0.4, -0.2) is 20.3 Å². The predicted octanol–water partition coefficient (Wildman–Crippen LogP) is 3.41. The van der Waals surface area contributed by atoms with Crippen molar-refractivity contribution in [3.63, 3.8) is 0 Å². The normalized spacial score (nSPS) is 23.0. The molecule has 0 aromatic heterocycles. The highest BCUT2D eigenvalue weighted by molar-refractivity contribution is 7.92. The lowest BCUT2D eigenvalue weighted by Crippen LogP contribution is -2.33. The van der Waals surface area contributed by atoms with Gasteiger partial charge in [-0.2, -0.15) is 0 Å². The lowest BCUT2D eigenvalue weighted by molar-refractivity contribution is 0.338. The van der Waals surface area contributed by atoms with Crippen LogP contribution in [0.4, 0.5) is 5.69 Å². The zero-order chi connectivity index (χ0) is 15.5. The molecule has 2 unspecified atom stereocenters. The van der Waals surface area contributed by atoms with Gasteiger partial charge in [0.25, 0.3) is 0 Å². The molecule has 118 valence electrons. The van der Waals surface area contributed by atoms with Gasteiger partial charge >= 0.3 is 0 Å². The van der Waals surface area contributed by atoms with Crippen LogP contribution in [0.3, 0.4) is 0 Å². The molecule has 2 rings (SSSR count). The average molecular weight is 311 g/mol. The van der Waals surface area contributed by atoms with Crippen molar-refractivity contribution in [2.45, 2.75) is 56.1 Å². The molecule has 0 radical (unpaired) electrons. The number of rotatable bonds is 5. The minimum atomic E-state index is -3.40. The number of nitrogens with two attached hydrogens (primary N) is 1. The SMILES string of the molecule is CCOc1ccc(N)c(S(=O)(=O)C2CCCCC2CC)c1. The second-order valence-corrected chi connectivity index (χ2v) is 7.80. The topological polar surface area (TPSA) is 69.4 Å². The molecule has 21 heavy (non-hydrogen) atoms. The number of nitrogen functional groups attached to an aromatic ring is 1. The summed E-state index contributed by atoms with van der Waals surface area (Å²) < 4.78 is 31.4. The van der Waals surface area contributed by atoms with Crippen molar-refractivity contribution in [2.75, 3.05) is 12.3 Å². The Balaban J connectivity index is 2.40. The summed E-state index contributed by atoms with van der Waals surface area (Å²) in [7, 11) is -3.40. The molecule has 0 spiro atoms. The highest BCUT2D eigenvalue weighted by Gasteiger charge is 2.36. The van der Waals surface area contributed by atoms with Crippen molar-refractivity contribution in [3.05, 3.63) is 18.2 Å². The van der Waals surface area contributed by atoms with Crippen molar-refractivity contribution in [1.29, 1.82) is 0 Å². The predicted molar refractivity (Wildman–Crippen MR) is 85.2 cm³/mol. The third kappa shape index (κ3) is 3.34. The van der Waals surface area contributed by atoms with E-state index in [1.165, 1.54) is 0 Å². The van der Waals surface area contributed by atoms with Gasteiger partial charge in [0.05, 0.1) is 22.4 Å². The molecule has 0 bridgehead atoms. The van der Waals surface area contributed by atoms with Gasteiger partial charge in [0.1, 0.15) is 5.75 Å². The third-order valence-corrected chi connectivity index (χ3v) is 6.75. The summed E-state index contributed by atoms with van der Waals surface area (Å²) in [6, 6.07) is 4.92. The summed E-state index contributed by atoms with van der Waals surface area (Å²) in [6.45, 7) is 4.45. The molecule has 1 fully saturated rings. The van der Waals surface area contributed by atoms with Crippen LogP contribution in [0, 0.1) is 5.92 Å². The van der Waals surface area contributed by atoms with Crippen molar-refractivity contribution in [2.24, 2.45) is 5.92 Å². The molecule has 1 saturated carbocycles. The molecule has 2 N–H and O–H groups in total. The number of sulfone groups is 1. The molecule has 4 nitrogen and oxygen atoms in total. The van der Waals surface area contributed by atoms with E-state index in [-0.39, 0.29) is 16.1 Å². The minimum Gasteiger partial charge on any atom is -0.494 e. The van der Waals surface area contributed by atoms with E-state index in [9.17, 15) is 8.42 Å². The second-order valence-electron chi connectivity index (χ2n) is 5.67. The number of hydrogen-bond acceptors (Lipinski definition) is 4. The van der Waals surface area contributed by atoms with Gasteiger partial charge in [-0.15, -0.1) is 0 Å². The van der Waals surface area contributed by atoms with E-state index in [4.69, 9.17) is 10.5 Å². The first kappa shape index (κ1) is 16.1. The fourth-order valence-electron chi connectivity index (χ4n) is 3.23. The van der Waals surface area contributed by atoms with Crippen molar-refractivity contribution in [3.8, 4) is 5.75 Å². The molecule has 5 heteroatoms. The molecule has 2 atom stereocenters. The molecule has 0 saturated heterocycles. The number of hydrogen-bond donors (Lipinski definition) is 1. The van der Waals surface area contributed by atoms with Gasteiger partial charge in [0.15, 0.2) is 9.84 Å². The van der Waals surface area contributed by atoms with Gasteiger partial charge < -0.3 is 10.5 Å². The molecular formula is C16H25NO3S. The van der Waals surface area contributed by atoms with Crippen molar-refractivity contribution < 1.29 is 13.2 Å². The first-order valence-electron chi connectivity index (χ1n) is 7.76. The summed E-state index contributed by atoms with van der Waals surface area (Å²) in [6.07, 6.45) is 4.73. The summed E-state index contributed by atoms with van der Waals surface area (Å²) >= 11 is 0. The average Bonchev–Trinajstić information content (AvgIpc) is 2.49. The lowest BCUT2D eigenvalue weighted by Gasteiger charge is -2.30. The molecule has 0 amide bonds. The van der Waals surface area contributed by atoms with Crippen LogP contribution < -0.4 is 10.5 Å². The Morgan fingerprint density at radius 2 is 1.95 bits per heavy atom. The Labute approximate surface area is 127 Å². The Morgan fingerprint density at radius 3 is 2.62 bits per heavy atom. The van der Waals surface area contributed by atoms with Crippen molar-refractivity contribution >= 4 is 15.5 Å². The highest BCUT2D eigenvalue weighted by Crippen LogP contribution is 2.37. The maximum absolute atomic E-state index is 13.0. The maximum atomic E-state index is 13.0. The van der Waals surface area contributed by atoms with E-state index < -0.39 is 9.84 Å². The van der Waals surface area contributed by atoms with Gasteiger partial charge in [-0.25, -0.2) is 8.42 Å². The van der Waals surface area contributed by atoms with Crippen LogP contribution in [0.25, 0.3) is 0 Å². The summed E-state index contributed by atoms with van der Waals surface area (Å²) in [5.41, 5.74) is 6.25. The van der Waals surface area contributed by atoms with Gasteiger partial charge in [-0.3, -0.25) is 0 Å². The van der Waals surface area contributed by atoms with Gasteiger partial charge in [-0.1, -0.05) is 26.2 Å². The van der Waals surface area contributed by atoms with E-state index >= 15 is 0 Å². The van der Waals surface area contributed by atoms with Crippen LogP contribution in [0.15, 0.2) is 23.1 Å². The molecule has 1 aliphatic rings. The Kier molecular flexibility index (Phi) is 5.14. The van der Waals surface area contributed by atoms with Crippen LogP contribution in [-0.2, 0) is 9.84 Å². The van der Waals surface area contributed by atoms with Gasteiger partial charge in [-0.05, 0) is 37.8 Å². The van der Waals surface area contributed by atoms with Crippen LogP contribution in [0.2, 0.25) is 0 Å². The fourth-order valence-corrected chi connectivity index (χ4v) is 5.55. The van der Waals surface area contributed by atoms with E-state index in [0.29, 0.717) is 18.0 Å². The Hall–Kier alpha value is -1.23. The second kappa shape index (κ2) is 6.69. The highest BCUT2D eigenvalue weighted by atomic mass is 32.2. The van der Waals surface area contributed by atoms with E-state index in [2.05, 4.69) is 6.92 Å². The summed E-state index contributed by atoms with van der Waals surface area (Å²) in [5.74, 6) is 0.799. The quantitative estimate of drug-likeness (QED) is 0.846. The smallest absolute Gasteiger partial charge is 0.183 e. The van der Waals surface area contributed by atoms with Gasteiger partial charge in [0, 0.05) is 6.07 Å². The third-order valence-electron chi connectivity index (χ3n) is 4.36. The zero-order valence-corrected chi connectivity index (χ0v) is 13.7. The van der Waals surface area contributed by atoms with Crippen LogP contribution in [0.1, 0.15) is 46.0 Å². The van der Waals surface area contributed by atoms with E-state index in [1.807, 2.05) is 6.92 Å². The number of ether oxygens (including phenoxy) is 1. The number of anilines is 1. The molecule has 1 aromatic rings. The molecule has 0 aliphatic heterocycles. The molecule has 1 aliphatic carbocycles. The fraction of sp³-hybridized carbons (Fsp3) is 0.625. The summed E-state index contributed by atoms with van der Waals surface area (Å²) in [5, 5.41) is -0.310. The Morgan fingerprint density at radius 1 is 1.24 bits per heavy atom. The van der Waals surface area contributed by atoms with Crippen LogP contribution >= 0.6 is 0 Å². The molecule has 1 aromatic carbocycles. The Bertz CT molecular complexity index is 583. The first-order valence-corrected chi connectivity index (χ1v) is 9.31. The maximum Gasteiger partial charge on any atom is 0.183 e. The standard InChI is InChI=1S/C16H25NO3S/c1-3-12-7-5-6-8-15(12)21(18,19)16-11-13(20-4-2)9-10-14(16)17/h9-12,15H,3-8,17H2,1-2H3.